The normalized spacial score (nSPS) is 14.9. The highest BCUT2D eigenvalue weighted by atomic mass is 32.1. The second-order valence-corrected chi connectivity index (χ2v) is 8.58. The number of fused-ring (bicyclic) bond motifs is 1. The van der Waals surface area contributed by atoms with Crippen LogP contribution in [0.2, 0.25) is 0 Å². The molecule has 0 fully saturated rings. The molecule has 1 aromatic heterocycles. The van der Waals surface area contributed by atoms with Crippen molar-refractivity contribution in [3.63, 3.8) is 0 Å². The first-order chi connectivity index (χ1) is 15.4. The first-order valence-corrected chi connectivity index (χ1v) is 10.9. The highest BCUT2D eigenvalue weighted by molar-refractivity contribution is 7.15. The van der Waals surface area contributed by atoms with Crippen molar-refractivity contribution >= 4 is 28.9 Å². The van der Waals surface area contributed by atoms with E-state index in [0.717, 1.165) is 21.6 Å². The third-order valence-corrected chi connectivity index (χ3v) is 6.68. The van der Waals surface area contributed by atoms with E-state index in [4.69, 9.17) is 9.47 Å². The first-order valence-electron chi connectivity index (χ1n) is 10.1. The molecule has 1 atom stereocenters. The van der Waals surface area contributed by atoms with Crippen LogP contribution in [0.4, 0.5) is 5.69 Å². The maximum atomic E-state index is 12.7. The number of benzene rings is 2. The zero-order valence-corrected chi connectivity index (χ0v) is 18.6. The van der Waals surface area contributed by atoms with Crippen LogP contribution in [0.5, 0.6) is 11.5 Å². The number of hydrogen-bond donors (Lipinski definition) is 2. The Morgan fingerprint density at radius 3 is 2.66 bits per heavy atom. The number of carbonyl (C=O) groups is 2. The molecule has 4 rings (SSSR count). The van der Waals surface area contributed by atoms with Gasteiger partial charge in [0.2, 0.25) is 5.91 Å². The maximum Gasteiger partial charge on any atom is 0.346 e. The van der Waals surface area contributed by atoms with Crippen LogP contribution < -0.4 is 14.8 Å². The quantitative estimate of drug-likeness (QED) is 0.467. The SMILES string of the molecule is C=CCOc1ccc([C@H]2CC(=O)Nc3c2sc(C(=O)O)c3-c2ccc(C)cc2)cc1OC. The van der Waals surface area contributed by atoms with E-state index in [-0.39, 0.29) is 23.1 Å². The lowest BCUT2D eigenvalue weighted by atomic mass is 9.88. The fraction of sp³-hybridized carbons (Fsp3) is 0.200. The highest BCUT2D eigenvalue weighted by Gasteiger charge is 2.34. The van der Waals surface area contributed by atoms with Gasteiger partial charge in [-0.25, -0.2) is 4.79 Å². The standard InChI is InChI=1S/C25H23NO5S/c1-4-11-31-18-10-9-16(12-19(18)30-3)17-13-20(27)26-22-21(15-7-5-14(2)6-8-15)24(25(28)29)32-23(17)22/h4-10,12,17H,1,11,13H2,2-3H3,(H,26,27)(H,28,29)/t17-/m1/s1. The minimum atomic E-state index is -1.02. The van der Waals surface area contributed by atoms with Crippen LogP contribution in [0, 0.1) is 6.92 Å². The van der Waals surface area contributed by atoms with Crippen molar-refractivity contribution in [3.8, 4) is 22.6 Å². The number of nitrogens with one attached hydrogen (secondary N) is 1. The van der Waals surface area contributed by atoms with Crippen LogP contribution in [-0.2, 0) is 4.79 Å². The molecule has 0 unspecified atom stereocenters. The Labute approximate surface area is 190 Å². The van der Waals surface area contributed by atoms with Gasteiger partial charge in [0.05, 0.1) is 12.8 Å². The van der Waals surface area contributed by atoms with E-state index in [0.29, 0.717) is 29.4 Å². The highest BCUT2D eigenvalue weighted by Crippen LogP contribution is 2.50. The summed E-state index contributed by atoms with van der Waals surface area (Å²) >= 11 is 1.21. The molecule has 164 valence electrons. The van der Waals surface area contributed by atoms with Crippen LogP contribution in [0.15, 0.2) is 55.1 Å². The van der Waals surface area contributed by atoms with Crippen molar-refractivity contribution in [2.75, 3.05) is 19.0 Å². The average Bonchev–Trinajstić information content (AvgIpc) is 3.17. The van der Waals surface area contributed by atoms with Gasteiger partial charge in [-0.05, 0) is 30.2 Å². The van der Waals surface area contributed by atoms with Crippen molar-refractivity contribution in [3.05, 3.63) is 76.0 Å². The molecule has 0 spiro atoms. The fourth-order valence-corrected chi connectivity index (χ4v) is 5.12. The molecule has 32 heavy (non-hydrogen) atoms. The Morgan fingerprint density at radius 2 is 2.00 bits per heavy atom. The third-order valence-electron chi connectivity index (χ3n) is 5.39. The average molecular weight is 450 g/mol. The Balaban J connectivity index is 1.84. The van der Waals surface area contributed by atoms with Gasteiger partial charge in [0.25, 0.3) is 0 Å². The number of methoxy groups -OCH3 is 1. The summed E-state index contributed by atoms with van der Waals surface area (Å²) in [6.07, 6.45) is 1.87. The van der Waals surface area contributed by atoms with Gasteiger partial charge in [0, 0.05) is 22.8 Å². The predicted octanol–water partition coefficient (Wildman–Crippen LogP) is 5.47. The predicted molar refractivity (Wildman–Crippen MR) is 125 cm³/mol. The zero-order valence-electron chi connectivity index (χ0n) is 17.8. The molecule has 0 saturated carbocycles. The molecule has 0 bridgehead atoms. The number of aromatic carboxylic acids is 1. The molecule has 3 aromatic rings. The van der Waals surface area contributed by atoms with Crippen molar-refractivity contribution in [2.24, 2.45) is 0 Å². The monoisotopic (exact) mass is 449 g/mol. The van der Waals surface area contributed by atoms with Gasteiger partial charge in [-0.15, -0.1) is 11.3 Å². The number of carboxylic acids is 1. The molecule has 6 nitrogen and oxygen atoms in total. The summed E-state index contributed by atoms with van der Waals surface area (Å²) in [7, 11) is 1.56. The van der Waals surface area contributed by atoms with Crippen molar-refractivity contribution < 1.29 is 24.2 Å². The van der Waals surface area contributed by atoms with Crippen molar-refractivity contribution in [2.45, 2.75) is 19.3 Å². The molecule has 0 saturated heterocycles. The number of anilines is 1. The van der Waals surface area contributed by atoms with Crippen LogP contribution in [0.25, 0.3) is 11.1 Å². The van der Waals surface area contributed by atoms with Gasteiger partial charge in [-0.2, -0.15) is 0 Å². The van der Waals surface area contributed by atoms with Gasteiger partial charge < -0.3 is 19.9 Å². The van der Waals surface area contributed by atoms with Gasteiger partial charge >= 0.3 is 5.97 Å². The number of carbonyl (C=O) groups excluding carboxylic acids is 1. The molecular weight excluding hydrogens is 426 g/mol. The van der Waals surface area contributed by atoms with E-state index in [1.807, 2.05) is 43.3 Å². The molecule has 1 amide bonds. The Kier molecular flexibility index (Phi) is 6.01. The second kappa shape index (κ2) is 8.88. The largest absolute Gasteiger partial charge is 0.493 e. The maximum absolute atomic E-state index is 12.7. The first kappa shape index (κ1) is 21.6. The lowest BCUT2D eigenvalue weighted by Crippen LogP contribution is -2.22. The number of hydrogen-bond acceptors (Lipinski definition) is 5. The van der Waals surface area contributed by atoms with E-state index in [1.165, 1.54) is 11.3 Å². The molecule has 2 aromatic carbocycles. The molecule has 7 heteroatoms. The number of amides is 1. The summed E-state index contributed by atoms with van der Waals surface area (Å²) in [5, 5.41) is 12.8. The Morgan fingerprint density at radius 1 is 1.25 bits per heavy atom. The summed E-state index contributed by atoms with van der Waals surface area (Å²) in [6, 6.07) is 13.2. The Hall–Kier alpha value is -3.58. The van der Waals surface area contributed by atoms with E-state index in [1.54, 1.807) is 19.3 Å². The summed E-state index contributed by atoms with van der Waals surface area (Å²) < 4.78 is 11.1. The summed E-state index contributed by atoms with van der Waals surface area (Å²) in [4.78, 5) is 25.8. The Bertz CT molecular complexity index is 1200. The van der Waals surface area contributed by atoms with Crippen molar-refractivity contribution in [1.29, 1.82) is 0 Å². The second-order valence-electron chi connectivity index (χ2n) is 7.53. The molecule has 1 aliphatic rings. The summed E-state index contributed by atoms with van der Waals surface area (Å²) in [5.41, 5.74) is 3.81. The van der Waals surface area contributed by atoms with Crippen LogP contribution in [0.1, 0.15) is 38.0 Å². The molecule has 0 aliphatic carbocycles. The minimum absolute atomic E-state index is 0.156. The minimum Gasteiger partial charge on any atom is -0.493 e. The lowest BCUT2D eigenvalue weighted by molar-refractivity contribution is -0.116. The molecule has 1 aliphatic heterocycles. The molecule has 2 heterocycles. The van der Waals surface area contributed by atoms with E-state index >= 15 is 0 Å². The number of rotatable bonds is 7. The van der Waals surface area contributed by atoms with Crippen LogP contribution >= 0.6 is 11.3 Å². The number of aryl methyl sites for hydroxylation is 1. The number of thiophene rings is 1. The molecule has 2 N–H and O–H groups in total. The number of carboxylic acid groups (broad SMARTS) is 1. The van der Waals surface area contributed by atoms with Crippen LogP contribution in [0.3, 0.4) is 0 Å². The van der Waals surface area contributed by atoms with Crippen molar-refractivity contribution in [1.82, 2.24) is 0 Å². The fourth-order valence-electron chi connectivity index (χ4n) is 3.87. The summed E-state index contributed by atoms with van der Waals surface area (Å²) in [5.74, 6) is -0.335. The van der Waals surface area contributed by atoms with E-state index in [2.05, 4.69) is 11.9 Å². The zero-order chi connectivity index (χ0) is 22.8. The van der Waals surface area contributed by atoms with Gasteiger partial charge in [-0.3, -0.25) is 4.79 Å². The van der Waals surface area contributed by atoms with E-state index in [9.17, 15) is 14.7 Å². The smallest absolute Gasteiger partial charge is 0.346 e. The molecular formula is C25H23NO5S. The lowest BCUT2D eigenvalue weighted by Gasteiger charge is -2.24. The third kappa shape index (κ3) is 3.99. The topological polar surface area (TPSA) is 84.9 Å². The van der Waals surface area contributed by atoms with Gasteiger partial charge in [0.15, 0.2) is 11.5 Å². The molecule has 0 radical (unpaired) electrons. The van der Waals surface area contributed by atoms with Gasteiger partial charge in [-0.1, -0.05) is 48.6 Å². The van der Waals surface area contributed by atoms with E-state index < -0.39 is 5.97 Å². The summed E-state index contributed by atoms with van der Waals surface area (Å²) in [6.45, 7) is 5.97. The van der Waals surface area contributed by atoms with Gasteiger partial charge in [0.1, 0.15) is 11.5 Å². The van der Waals surface area contributed by atoms with Crippen LogP contribution in [-0.4, -0.2) is 30.7 Å². The number of ether oxygens (including phenoxy) is 2.